The Kier molecular flexibility index (Phi) is 5.07. The highest BCUT2D eigenvalue weighted by Gasteiger charge is 2.25. The quantitative estimate of drug-likeness (QED) is 0.803. The van der Waals surface area contributed by atoms with E-state index in [0.717, 1.165) is 19.1 Å². The van der Waals surface area contributed by atoms with E-state index in [1.54, 1.807) is 6.07 Å². The molecule has 1 aromatic rings. The molecule has 2 rings (SSSR count). The summed E-state index contributed by atoms with van der Waals surface area (Å²) in [4.78, 5) is 2.34. The number of benzene rings is 1. The summed E-state index contributed by atoms with van der Waals surface area (Å²) in [5, 5.41) is 3.96. The molecule has 2 nitrogen and oxygen atoms in total. The van der Waals surface area contributed by atoms with Crippen LogP contribution in [0.2, 0.25) is 10.0 Å². The van der Waals surface area contributed by atoms with Gasteiger partial charge in [0.05, 0.1) is 5.02 Å². The average molecular weight is 305 g/mol. The molecule has 0 aromatic heterocycles. The highest BCUT2D eigenvalue weighted by atomic mass is 35.5. The van der Waals surface area contributed by atoms with Crippen LogP contribution in [0.3, 0.4) is 0 Å². The van der Waals surface area contributed by atoms with E-state index in [2.05, 4.69) is 17.3 Å². The summed E-state index contributed by atoms with van der Waals surface area (Å²) in [5.41, 5.74) is 0.636. The molecule has 0 heterocycles. The zero-order valence-electron chi connectivity index (χ0n) is 11.2. The van der Waals surface area contributed by atoms with Crippen molar-refractivity contribution in [1.29, 1.82) is 0 Å². The second-order valence-electron chi connectivity index (χ2n) is 5.14. The van der Waals surface area contributed by atoms with Gasteiger partial charge in [-0.15, -0.1) is 0 Å². The van der Waals surface area contributed by atoms with E-state index in [1.165, 1.54) is 18.9 Å². The third-order valence-corrected chi connectivity index (χ3v) is 4.31. The van der Waals surface area contributed by atoms with Gasteiger partial charge in [0.25, 0.3) is 0 Å². The first kappa shape index (κ1) is 15.0. The summed E-state index contributed by atoms with van der Waals surface area (Å²) >= 11 is 12.1. The molecule has 0 saturated heterocycles. The van der Waals surface area contributed by atoms with Crippen molar-refractivity contribution in [2.45, 2.75) is 31.8 Å². The van der Waals surface area contributed by atoms with Crippen LogP contribution in [-0.2, 0) is 0 Å². The molecule has 0 radical (unpaired) electrons. The molecule has 106 valence electrons. The SMILES string of the molecule is CC(NCCN(C)C1CC1)c1c(Cl)ccc(F)c1Cl. The summed E-state index contributed by atoms with van der Waals surface area (Å²) in [6.07, 6.45) is 2.60. The molecule has 1 saturated carbocycles. The zero-order valence-corrected chi connectivity index (χ0v) is 12.7. The lowest BCUT2D eigenvalue weighted by molar-refractivity contribution is 0.316. The fourth-order valence-corrected chi connectivity index (χ4v) is 2.90. The number of rotatable bonds is 6. The number of likely N-dealkylation sites (N-methyl/N-ethyl adjacent to an activating group) is 1. The highest BCUT2D eigenvalue weighted by molar-refractivity contribution is 6.36. The van der Waals surface area contributed by atoms with Crippen molar-refractivity contribution in [2.75, 3.05) is 20.1 Å². The molecule has 19 heavy (non-hydrogen) atoms. The normalized spacial score (nSPS) is 16.9. The molecule has 5 heteroatoms. The maximum atomic E-state index is 13.5. The van der Waals surface area contributed by atoms with Gasteiger partial charge in [-0.25, -0.2) is 4.39 Å². The van der Waals surface area contributed by atoms with E-state index in [1.807, 2.05) is 6.92 Å². The van der Waals surface area contributed by atoms with Crippen molar-refractivity contribution in [3.8, 4) is 0 Å². The summed E-state index contributed by atoms with van der Waals surface area (Å²) in [6.45, 7) is 3.75. The minimum atomic E-state index is -0.426. The maximum Gasteiger partial charge on any atom is 0.142 e. The summed E-state index contributed by atoms with van der Waals surface area (Å²) in [6, 6.07) is 3.52. The molecule has 0 spiro atoms. The second kappa shape index (κ2) is 6.40. The molecular formula is C14H19Cl2FN2. The third kappa shape index (κ3) is 3.82. The molecule has 1 atom stereocenters. The van der Waals surface area contributed by atoms with Crippen LogP contribution in [0.1, 0.15) is 31.4 Å². The fraction of sp³-hybridized carbons (Fsp3) is 0.571. The van der Waals surface area contributed by atoms with Gasteiger partial charge >= 0.3 is 0 Å². The van der Waals surface area contributed by atoms with Crippen molar-refractivity contribution < 1.29 is 4.39 Å². The first-order valence-electron chi connectivity index (χ1n) is 6.57. The van der Waals surface area contributed by atoms with E-state index in [0.29, 0.717) is 10.6 Å². The highest BCUT2D eigenvalue weighted by Crippen LogP contribution is 2.32. The van der Waals surface area contributed by atoms with Crippen LogP contribution < -0.4 is 5.32 Å². The first-order valence-corrected chi connectivity index (χ1v) is 7.33. The van der Waals surface area contributed by atoms with Gasteiger partial charge in [-0.1, -0.05) is 23.2 Å². The zero-order chi connectivity index (χ0) is 14.0. The smallest absolute Gasteiger partial charge is 0.142 e. The van der Waals surface area contributed by atoms with Crippen LogP contribution in [0.15, 0.2) is 12.1 Å². The van der Waals surface area contributed by atoms with E-state index >= 15 is 0 Å². The molecule has 0 amide bonds. The Balaban J connectivity index is 1.92. The minimum Gasteiger partial charge on any atom is -0.309 e. The van der Waals surface area contributed by atoms with Gasteiger partial charge in [0.15, 0.2) is 0 Å². The van der Waals surface area contributed by atoms with Gasteiger partial charge in [0.2, 0.25) is 0 Å². The Morgan fingerprint density at radius 3 is 2.74 bits per heavy atom. The van der Waals surface area contributed by atoms with Gasteiger partial charge in [-0.2, -0.15) is 0 Å². The Morgan fingerprint density at radius 2 is 2.11 bits per heavy atom. The molecule has 1 aliphatic rings. The molecule has 1 aromatic carbocycles. The lowest BCUT2D eigenvalue weighted by Gasteiger charge is -2.20. The standard InChI is InChI=1S/C14H19Cl2FN2/c1-9(18-7-8-19(2)10-3-4-10)13-11(15)5-6-12(17)14(13)16/h5-6,9-10,18H,3-4,7-8H2,1-2H3. The Bertz CT molecular complexity index is 449. The molecular weight excluding hydrogens is 286 g/mol. The predicted octanol–water partition coefficient (Wildman–Crippen LogP) is 3.88. The first-order chi connectivity index (χ1) is 9.00. The van der Waals surface area contributed by atoms with Gasteiger partial charge in [0, 0.05) is 35.8 Å². The average Bonchev–Trinajstić information content (AvgIpc) is 3.18. The van der Waals surface area contributed by atoms with Crippen LogP contribution >= 0.6 is 23.2 Å². The molecule has 1 unspecified atom stereocenters. The molecule has 0 bridgehead atoms. The molecule has 1 N–H and O–H groups in total. The van der Waals surface area contributed by atoms with E-state index < -0.39 is 5.82 Å². The van der Waals surface area contributed by atoms with Crippen molar-refractivity contribution in [1.82, 2.24) is 10.2 Å². The van der Waals surface area contributed by atoms with Gasteiger partial charge in [-0.05, 0) is 38.9 Å². The predicted molar refractivity (Wildman–Crippen MR) is 78.5 cm³/mol. The van der Waals surface area contributed by atoms with Crippen LogP contribution in [0.4, 0.5) is 4.39 Å². The summed E-state index contributed by atoms with van der Waals surface area (Å²) < 4.78 is 13.5. The minimum absolute atomic E-state index is 0.0664. The van der Waals surface area contributed by atoms with Crippen LogP contribution in [0.5, 0.6) is 0 Å². The number of halogens is 3. The number of nitrogens with one attached hydrogen (secondary N) is 1. The van der Waals surface area contributed by atoms with Crippen molar-refractivity contribution in [2.24, 2.45) is 0 Å². The summed E-state index contributed by atoms with van der Waals surface area (Å²) in [7, 11) is 2.13. The third-order valence-electron chi connectivity index (χ3n) is 3.60. The monoisotopic (exact) mass is 304 g/mol. The molecule has 1 aliphatic carbocycles. The van der Waals surface area contributed by atoms with E-state index in [4.69, 9.17) is 23.2 Å². The number of nitrogens with zero attached hydrogens (tertiary/aromatic N) is 1. The number of hydrogen-bond acceptors (Lipinski definition) is 2. The largest absolute Gasteiger partial charge is 0.309 e. The van der Waals surface area contributed by atoms with Gasteiger partial charge in [0.1, 0.15) is 5.82 Å². The number of hydrogen-bond donors (Lipinski definition) is 1. The van der Waals surface area contributed by atoms with E-state index in [-0.39, 0.29) is 11.1 Å². The Morgan fingerprint density at radius 1 is 1.42 bits per heavy atom. The Hall–Kier alpha value is -0.350. The lowest BCUT2D eigenvalue weighted by Crippen LogP contribution is -2.32. The molecule has 1 fully saturated rings. The topological polar surface area (TPSA) is 15.3 Å². The van der Waals surface area contributed by atoms with Crippen molar-refractivity contribution >= 4 is 23.2 Å². The Labute approximate surface area is 123 Å². The lowest BCUT2D eigenvalue weighted by atomic mass is 10.1. The van der Waals surface area contributed by atoms with Crippen LogP contribution in [-0.4, -0.2) is 31.1 Å². The van der Waals surface area contributed by atoms with Crippen LogP contribution in [0, 0.1) is 5.82 Å². The van der Waals surface area contributed by atoms with Gasteiger partial charge in [-0.3, -0.25) is 0 Å². The maximum absolute atomic E-state index is 13.5. The van der Waals surface area contributed by atoms with Crippen molar-refractivity contribution in [3.63, 3.8) is 0 Å². The molecule has 0 aliphatic heterocycles. The fourth-order valence-electron chi connectivity index (χ4n) is 2.20. The van der Waals surface area contributed by atoms with Crippen molar-refractivity contribution in [3.05, 3.63) is 33.6 Å². The van der Waals surface area contributed by atoms with Gasteiger partial charge < -0.3 is 10.2 Å². The summed E-state index contributed by atoms with van der Waals surface area (Å²) in [5.74, 6) is -0.426. The van der Waals surface area contributed by atoms with Crippen LogP contribution in [0.25, 0.3) is 0 Å². The van der Waals surface area contributed by atoms with E-state index in [9.17, 15) is 4.39 Å². The second-order valence-corrected chi connectivity index (χ2v) is 5.93.